The summed E-state index contributed by atoms with van der Waals surface area (Å²) in [4.78, 5) is 2.38. The highest BCUT2D eigenvalue weighted by Gasteiger charge is 2.20. The van der Waals surface area contributed by atoms with Crippen molar-refractivity contribution >= 4 is 8.32 Å². The molecule has 1 aromatic rings. The zero-order valence-corrected chi connectivity index (χ0v) is 14.7. The predicted molar refractivity (Wildman–Crippen MR) is 91.9 cm³/mol. The largest absolute Gasteiger partial charge is 0.544 e. The number of nitrogens with zero attached hydrogens (tertiary/aromatic N) is 1. The standard InChI is InChI=1S/C17H28N2OSi/c1-14-8-7-12-19(14)13-11-16(18)15-9-5-6-10-17(15)20-21(2,3)4/h5-6,9-11,13-14,16H,7-8,12,18H2,1-4H3/b13-11+. The molecule has 0 saturated carbocycles. The van der Waals surface area contributed by atoms with Crippen molar-refractivity contribution in [3.63, 3.8) is 0 Å². The van der Waals surface area contributed by atoms with Gasteiger partial charge in [-0.25, -0.2) is 0 Å². The van der Waals surface area contributed by atoms with E-state index in [1.54, 1.807) is 0 Å². The van der Waals surface area contributed by atoms with Crippen LogP contribution in [0.3, 0.4) is 0 Å². The Kier molecular flexibility index (Phi) is 5.11. The molecule has 116 valence electrons. The van der Waals surface area contributed by atoms with Gasteiger partial charge in [0.15, 0.2) is 0 Å². The van der Waals surface area contributed by atoms with E-state index >= 15 is 0 Å². The van der Waals surface area contributed by atoms with Gasteiger partial charge in [-0.1, -0.05) is 18.2 Å². The van der Waals surface area contributed by atoms with Gasteiger partial charge in [0.2, 0.25) is 8.32 Å². The molecule has 1 aliphatic heterocycles. The Morgan fingerprint density at radius 3 is 2.67 bits per heavy atom. The third-order valence-corrected chi connectivity index (χ3v) is 4.62. The van der Waals surface area contributed by atoms with Crippen LogP contribution in [-0.2, 0) is 0 Å². The van der Waals surface area contributed by atoms with Gasteiger partial charge in [-0.05, 0) is 57.7 Å². The summed E-state index contributed by atoms with van der Waals surface area (Å²) in [6, 6.07) is 8.64. The normalized spacial score (nSPS) is 21.0. The van der Waals surface area contributed by atoms with Crippen LogP contribution in [0.4, 0.5) is 0 Å². The minimum Gasteiger partial charge on any atom is -0.544 e. The first-order valence-corrected chi connectivity index (χ1v) is 11.3. The van der Waals surface area contributed by atoms with Gasteiger partial charge in [0.05, 0.1) is 6.04 Å². The van der Waals surface area contributed by atoms with E-state index < -0.39 is 8.32 Å². The van der Waals surface area contributed by atoms with E-state index in [9.17, 15) is 0 Å². The third-order valence-electron chi connectivity index (χ3n) is 3.78. The second kappa shape index (κ2) is 6.67. The van der Waals surface area contributed by atoms with Gasteiger partial charge >= 0.3 is 0 Å². The molecule has 1 fully saturated rings. The second-order valence-corrected chi connectivity index (χ2v) is 11.3. The van der Waals surface area contributed by atoms with E-state index in [-0.39, 0.29) is 6.04 Å². The third kappa shape index (κ3) is 4.61. The van der Waals surface area contributed by atoms with Crippen molar-refractivity contribution in [1.29, 1.82) is 0 Å². The Bertz CT molecular complexity index is 496. The maximum absolute atomic E-state index is 6.36. The molecular formula is C17H28N2OSi. The fourth-order valence-electron chi connectivity index (χ4n) is 2.66. The molecular weight excluding hydrogens is 276 g/mol. The van der Waals surface area contributed by atoms with E-state index in [0.29, 0.717) is 6.04 Å². The van der Waals surface area contributed by atoms with Crippen molar-refractivity contribution < 1.29 is 4.43 Å². The highest BCUT2D eigenvalue weighted by atomic mass is 28.4. The van der Waals surface area contributed by atoms with Crippen LogP contribution in [0.25, 0.3) is 0 Å². The number of rotatable bonds is 5. The molecule has 4 heteroatoms. The number of hydrogen-bond donors (Lipinski definition) is 1. The number of nitrogens with two attached hydrogens (primary N) is 1. The van der Waals surface area contributed by atoms with Crippen molar-refractivity contribution in [3.8, 4) is 5.75 Å². The maximum atomic E-state index is 6.36. The van der Waals surface area contributed by atoms with Crippen molar-refractivity contribution in [2.75, 3.05) is 6.54 Å². The monoisotopic (exact) mass is 304 g/mol. The Balaban J connectivity index is 2.11. The van der Waals surface area contributed by atoms with E-state index in [4.69, 9.17) is 10.2 Å². The van der Waals surface area contributed by atoms with Crippen molar-refractivity contribution in [2.24, 2.45) is 5.73 Å². The summed E-state index contributed by atoms with van der Waals surface area (Å²) in [5.41, 5.74) is 7.43. The van der Waals surface area contributed by atoms with Gasteiger partial charge in [0, 0.05) is 18.2 Å². The average Bonchev–Trinajstić information content (AvgIpc) is 2.80. The molecule has 3 nitrogen and oxygen atoms in total. The van der Waals surface area contributed by atoms with Crippen molar-refractivity contribution in [1.82, 2.24) is 4.90 Å². The summed E-state index contributed by atoms with van der Waals surface area (Å²) >= 11 is 0. The van der Waals surface area contributed by atoms with Crippen LogP contribution in [-0.4, -0.2) is 25.8 Å². The van der Waals surface area contributed by atoms with Gasteiger partial charge in [-0.15, -0.1) is 0 Å². The lowest BCUT2D eigenvalue weighted by Crippen LogP contribution is -2.30. The second-order valence-electron chi connectivity index (χ2n) is 6.85. The number of para-hydroxylation sites is 1. The molecule has 0 aromatic heterocycles. The Morgan fingerprint density at radius 1 is 1.33 bits per heavy atom. The molecule has 0 aliphatic carbocycles. The smallest absolute Gasteiger partial charge is 0.242 e. The highest BCUT2D eigenvalue weighted by molar-refractivity contribution is 6.70. The van der Waals surface area contributed by atoms with E-state index in [2.05, 4.69) is 49.8 Å². The van der Waals surface area contributed by atoms with Gasteiger partial charge < -0.3 is 15.1 Å². The summed E-state index contributed by atoms with van der Waals surface area (Å²) in [6.07, 6.45) is 6.80. The average molecular weight is 305 g/mol. The van der Waals surface area contributed by atoms with Crippen molar-refractivity contribution in [3.05, 3.63) is 42.1 Å². The zero-order chi connectivity index (χ0) is 15.5. The SMILES string of the molecule is CC1CCCN1/C=C/C(N)c1ccccc1O[Si](C)(C)C. The van der Waals surface area contributed by atoms with E-state index in [1.165, 1.54) is 12.8 Å². The predicted octanol–water partition coefficient (Wildman–Crippen LogP) is 3.90. The topological polar surface area (TPSA) is 38.5 Å². The minimum absolute atomic E-state index is 0.120. The fourth-order valence-corrected chi connectivity index (χ4v) is 3.51. The molecule has 2 N–H and O–H groups in total. The highest BCUT2D eigenvalue weighted by Crippen LogP contribution is 2.27. The van der Waals surface area contributed by atoms with Crippen LogP contribution in [0.1, 0.15) is 31.4 Å². The van der Waals surface area contributed by atoms with Crippen LogP contribution >= 0.6 is 0 Å². The first kappa shape index (κ1) is 16.1. The van der Waals surface area contributed by atoms with Crippen LogP contribution in [0.15, 0.2) is 36.5 Å². The first-order chi connectivity index (χ1) is 9.87. The Morgan fingerprint density at radius 2 is 2.05 bits per heavy atom. The lowest BCUT2D eigenvalue weighted by Gasteiger charge is -2.23. The van der Waals surface area contributed by atoms with Crippen molar-refractivity contribution in [2.45, 2.75) is 51.5 Å². The van der Waals surface area contributed by atoms with Crippen LogP contribution in [0, 0.1) is 0 Å². The lowest BCUT2D eigenvalue weighted by molar-refractivity contribution is 0.370. The molecule has 0 bridgehead atoms. The molecule has 2 rings (SSSR count). The molecule has 1 saturated heterocycles. The molecule has 0 radical (unpaired) electrons. The summed E-state index contributed by atoms with van der Waals surface area (Å²) in [6.45, 7) is 9.98. The molecule has 0 spiro atoms. The lowest BCUT2D eigenvalue weighted by atomic mass is 10.1. The molecule has 1 aromatic carbocycles. The molecule has 2 atom stereocenters. The molecule has 2 unspecified atom stereocenters. The minimum atomic E-state index is -1.62. The fraction of sp³-hybridized carbons (Fsp3) is 0.529. The van der Waals surface area contributed by atoms with E-state index in [0.717, 1.165) is 17.9 Å². The Labute approximate surface area is 129 Å². The molecule has 1 heterocycles. The van der Waals surface area contributed by atoms with E-state index in [1.807, 2.05) is 18.2 Å². The quantitative estimate of drug-likeness (QED) is 0.839. The molecule has 0 amide bonds. The van der Waals surface area contributed by atoms with Crippen LogP contribution in [0.5, 0.6) is 5.75 Å². The van der Waals surface area contributed by atoms with Gasteiger partial charge in [-0.2, -0.15) is 0 Å². The van der Waals surface area contributed by atoms with Crippen LogP contribution in [0.2, 0.25) is 19.6 Å². The number of likely N-dealkylation sites (tertiary alicyclic amines) is 1. The summed E-state index contributed by atoms with van der Waals surface area (Å²) in [5.74, 6) is 0.934. The van der Waals surface area contributed by atoms with Crippen LogP contribution < -0.4 is 10.2 Å². The number of benzene rings is 1. The van der Waals surface area contributed by atoms with Gasteiger partial charge in [0.1, 0.15) is 5.75 Å². The summed E-state index contributed by atoms with van der Waals surface area (Å²) < 4.78 is 6.16. The molecule has 1 aliphatic rings. The maximum Gasteiger partial charge on any atom is 0.242 e. The zero-order valence-electron chi connectivity index (χ0n) is 13.7. The molecule has 21 heavy (non-hydrogen) atoms. The number of hydrogen-bond acceptors (Lipinski definition) is 3. The first-order valence-electron chi connectivity index (χ1n) is 7.84. The summed E-state index contributed by atoms with van der Waals surface area (Å²) in [7, 11) is -1.62. The summed E-state index contributed by atoms with van der Waals surface area (Å²) in [5, 5.41) is 0. The van der Waals surface area contributed by atoms with Gasteiger partial charge in [-0.3, -0.25) is 0 Å². The Hall–Kier alpha value is -1.26. The van der Waals surface area contributed by atoms with Gasteiger partial charge in [0.25, 0.3) is 0 Å².